The van der Waals surface area contributed by atoms with Crippen LogP contribution in [0.2, 0.25) is 0 Å². The van der Waals surface area contributed by atoms with Gasteiger partial charge in [-0.05, 0) is 38.1 Å². The second-order valence-corrected chi connectivity index (χ2v) is 5.52. The lowest BCUT2D eigenvalue weighted by Gasteiger charge is -2.18. The molecule has 0 fully saturated rings. The third-order valence-corrected chi connectivity index (χ3v) is 3.65. The predicted octanol–water partition coefficient (Wildman–Crippen LogP) is 4.51. The molecule has 0 heterocycles. The highest BCUT2D eigenvalue weighted by Gasteiger charge is 2.31. The Morgan fingerprint density at radius 3 is 2.50 bits per heavy atom. The van der Waals surface area contributed by atoms with Crippen LogP contribution in [0.5, 0.6) is 5.75 Å². The molecular weight excluding hydrogens is 319 g/mol. The van der Waals surface area contributed by atoms with Crippen LogP contribution in [0.1, 0.15) is 40.0 Å². The zero-order valence-corrected chi connectivity index (χ0v) is 13.6. The lowest BCUT2D eigenvalue weighted by Crippen LogP contribution is -2.27. The number of amides is 1. The highest BCUT2D eigenvalue weighted by Crippen LogP contribution is 2.30. The summed E-state index contributed by atoms with van der Waals surface area (Å²) < 4.78 is 43.5. The maximum Gasteiger partial charge on any atom is 0.416 e. The van der Waals surface area contributed by atoms with Crippen LogP contribution in [-0.2, 0) is 6.18 Å². The van der Waals surface area contributed by atoms with Gasteiger partial charge in [-0.3, -0.25) is 4.79 Å². The minimum absolute atomic E-state index is 0.0386. The molecule has 0 aliphatic carbocycles. The van der Waals surface area contributed by atoms with Gasteiger partial charge in [0.1, 0.15) is 5.75 Å². The predicted molar refractivity (Wildman–Crippen MR) is 85.1 cm³/mol. The van der Waals surface area contributed by atoms with Crippen LogP contribution in [-0.4, -0.2) is 13.0 Å². The number of carbonyl (C=O) groups excluding carboxylic acids is 1. The average molecular weight is 337 g/mol. The van der Waals surface area contributed by atoms with Crippen molar-refractivity contribution in [2.75, 3.05) is 7.11 Å². The van der Waals surface area contributed by atoms with Gasteiger partial charge in [-0.25, -0.2) is 0 Å². The van der Waals surface area contributed by atoms with E-state index in [4.69, 9.17) is 4.74 Å². The van der Waals surface area contributed by atoms with E-state index in [2.05, 4.69) is 5.32 Å². The van der Waals surface area contributed by atoms with Crippen molar-refractivity contribution >= 4 is 5.91 Å². The summed E-state index contributed by atoms with van der Waals surface area (Å²) in [5.74, 6) is 0.0367. The molecule has 0 radical (unpaired) electrons. The van der Waals surface area contributed by atoms with Crippen LogP contribution in [0.3, 0.4) is 0 Å². The molecular formula is C18H18F3NO2. The molecule has 2 aromatic rings. The number of alkyl halides is 3. The second-order valence-electron chi connectivity index (χ2n) is 5.52. The maximum absolute atomic E-state index is 12.8. The SMILES string of the molecule is COc1ccc(C)cc1[C@H](C)NC(=O)c1cccc(C(F)(F)F)c1. The summed E-state index contributed by atoms with van der Waals surface area (Å²) in [6.45, 7) is 3.66. The quantitative estimate of drug-likeness (QED) is 0.891. The number of rotatable bonds is 4. The summed E-state index contributed by atoms with van der Waals surface area (Å²) in [5.41, 5.74) is 0.864. The van der Waals surface area contributed by atoms with Gasteiger partial charge in [-0.1, -0.05) is 23.8 Å². The van der Waals surface area contributed by atoms with Gasteiger partial charge >= 0.3 is 6.18 Å². The van der Waals surface area contributed by atoms with Crippen LogP contribution in [0, 0.1) is 6.92 Å². The Bertz CT molecular complexity index is 741. The van der Waals surface area contributed by atoms with E-state index in [9.17, 15) is 18.0 Å². The van der Waals surface area contributed by atoms with Crippen molar-refractivity contribution in [1.82, 2.24) is 5.32 Å². The summed E-state index contributed by atoms with van der Waals surface area (Å²) in [6, 6.07) is 9.47. The van der Waals surface area contributed by atoms with E-state index in [1.807, 2.05) is 19.1 Å². The van der Waals surface area contributed by atoms with E-state index in [0.717, 1.165) is 23.3 Å². The van der Waals surface area contributed by atoms with E-state index >= 15 is 0 Å². The van der Waals surface area contributed by atoms with Crippen molar-refractivity contribution in [3.63, 3.8) is 0 Å². The molecule has 128 valence electrons. The van der Waals surface area contributed by atoms with Gasteiger partial charge in [0.2, 0.25) is 0 Å². The van der Waals surface area contributed by atoms with E-state index in [1.165, 1.54) is 19.2 Å². The summed E-state index contributed by atoms with van der Waals surface area (Å²) in [4.78, 5) is 12.3. The lowest BCUT2D eigenvalue weighted by molar-refractivity contribution is -0.137. The number of aryl methyl sites for hydroxylation is 1. The Kier molecular flexibility index (Phi) is 5.17. The molecule has 0 aromatic heterocycles. The first kappa shape index (κ1) is 17.8. The van der Waals surface area contributed by atoms with Crippen molar-refractivity contribution in [2.24, 2.45) is 0 Å². The number of benzene rings is 2. The van der Waals surface area contributed by atoms with Crippen LogP contribution in [0.25, 0.3) is 0 Å². The lowest BCUT2D eigenvalue weighted by atomic mass is 10.0. The molecule has 1 amide bonds. The van der Waals surface area contributed by atoms with Gasteiger partial charge in [0, 0.05) is 11.1 Å². The van der Waals surface area contributed by atoms with Gasteiger partial charge < -0.3 is 10.1 Å². The molecule has 2 rings (SSSR count). The monoisotopic (exact) mass is 337 g/mol. The molecule has 24 heavy (non-hydrogen) atoms. The minimum atomic E-state index is -4.48. The number of nitrogens with one attached hydrogen (secondary N) is 1. The zero-order valence-electron chi connectivity index (χ0n) is 13.6. The highest BCUT2D eigenvalue weighted by molar-refractivity contribution is 5.94. The van der Waals surface area contributed by atoms with Crippen LogP contribution in [0.15, 0.2) is 42.5 Å². The second kappa shape index (κ2) is 6.95. The number of methoxy groups -OCH3 is 1. The Balaban J connectivity index is 2.22. The molecule has 1 N–H and O–H groups in total. The smallest absolute Gasteiger partial charge is 0.416 e. The van der Waals surface area contributed by atoms with Gasteiger partial charge in [-0.2, -0.15) is 13.2 Å². The summed E-state index contributed by atoms with van der Waals surface area (Å²) in [5, 5.41) is 2.71. The average Bonchev–Trinajstić information content (AvgIpc) is 2.54. The van der Waals surface area contributed by atoms with Crippen LogP contribution in [0.4, 0.5) is 13.2 Å². The molecule has 0 aliphatic heterocycles. The molecule has 0 aliphatic rings. The third kappa shape index (κ3) is 4.07. The number of carbonyl (C=O) groups is 1. The largest absolute Gasteiger partial charge is 0.496 e. The Labute approximate surface area is 138 Å². The third-order valence-electron chi connectivity index (χ3n) is 3.65. The van der Waals surface area contributed by atoms with Crippen molar-refractivity contribution in [1.29, 1.82) is 0 Å². The molecule has 1 atom stereocenters. The highest BCUT2D eigenvalue weighted by atomic mass is 19.4. The number of halogens is 3. The minimum Gasteiger partial charge on any atom is -0.496 e. The van der Waals surface area contributed by atoms with Gasteiger partial charge in [0.25, 0.3) is 5.91 Å². The first-order chi connectivity index (χ1) is 11.2. The number of ether oxygens (including phenoxy) is 1. The van der Waals surface area contributed by atoms with E-state index in [1.54, 1.807) is 13.0 Å². The van der Waals surface area contributed by atoms with Crippen LogP contribution < -0.4 is 10.1 Å². The maximum atomic E-state index is 12.8. The molecule has 0 unspecified atom stereocenters. The zero-order chi connectivity index (χ0) is 17.9. The summed E-state index contributed by atoms with van der Waals surface area (Å²) >= 11 is 0. The molecule has 0 saturated carbocycles. The molecule has 2 aromatic carbocycles. The fourth-order valence-electron chi connectivity index (χ4n) is 2.39. The molecule has 0 spiro atoms. The molecule has 0 saturated heterocycles. The van der Waals surface area contributed by atoms with E-state index in [0.29, 0.717) is 5.75 Å². The fraction of sp³-hybridized carbons (Fsp3) is 0.278. The van der Waals surface area contributed by atoms with Crippen molar-refractivity contribution in [3.8, 4) is 5.75 Å². The molecule has 0 bridgehead atoms. The first-order valence-electron chi connectivity index (χ1n) is 7.35. The molecule has 3 nitrogen and oxygen atoms in total. The molecule has 6 heteroatoms. The Morgan fingerprint density at radius 2 is 1.88 bits per heavy atom. The number of hydrogen-bond donors (Lipinski definition) is 1. The van der Waals surface area contributed by atoms with E-state index in [-0.39, 0.29) is 5.56 Å². The van der Waals surface area contributed by atoms with Gasteiger partial charge in [0.15, 0.2) is 0 Å². The Hall–Kier alpha value is -2.50. The van der Waals surface area contributed by atoms with Crippen molar-refractivity contribution in [2.45, 2.75) is 26.1 Å². The van der Waals surface area contributed by atoms with Crippen molar-refractivity contribution < 1.29 is 22.7 Å². The standard InChI is InChI=1S/C18H18F3NO2/c1-11-7-8-16(24-3)15(9-11)12(2)22-17(23)13-5-4-6-14(10-13)18(19,20)21/h4-10,12H,1-3H3,(H,22,23)/t12-/m0/s1. The summed E-state index contributed by atoms with van der Waals surface area (Å²) in [7, 11) is 1.52. The topological polar surface area (TPSA) is 38.3 Å². The normalized spacial score (nSPS) is 12.6. The number of hydrogen-bond acceptors (Lipinski definition) is 2. The fourth-order valence-corrected chi connectivity index (χ4v) is 2.39. The van der Waals surface area contributed by atoms with Crippen molar-refractivity contribution in [3.05, 3.63) is 64.7 Å². The van der Waals surface area contributed by atoms with Gasteiger partial charge in [-0.15, -0.1) is 0 Å². The first-order valence-corrected chi connectivity index (χ1v) is 7.35. The van der Waals surface area contributed by atoms with E-state index < -0.39 is 23.7 Å². The van der Waals surface area contributed by atoms with Crippen LogP contribution >= 0.6 is 0 Å². The summed E-state index contributed by atoms with van der Waals surface area (Å²) in [6.07, 6.45) is -4.48. The Morgan fingerprint density at radius 1 is 1.17 bits per heavy atom. The van der Waals surface area contributed by atoms with Gasteiger partial charge in [0.05, 0.1) is 18.7 Å².